The molecule has 0 unspecified atom stereocenters. The third-order valence-electron chi connectivity index (χ3n) is 4.04. The fourth-order valence-electron chi connectivity index (χ4n) is 2.42. The summed E-state index contributed by atoms with van der Waals surface area (Å²) in [5.41, 5.74) is 6.10. The monoisotopic (exact) mass is 403 g/mol. The summed E-state index contributed by atoms with van der Waals surface area (Å²) in [7, 11) is 0. The maximum absolute atomic E-state index is 11.9. The first kappa shape index (κ1) is 23.8. The van der Waals surface area contributed by atoms with Gasteiger partial charge in [-0.05, 0) is 0 Å². The number of rotatable bonds is 9. The molecule has 10 heteroatoms. The molecule has 1 fully saturated rings. The Kier molecular flexibility index (Phi) is 9.88. The molecule has 5 atom stereocenters. The van der Waals surface area contributed by atoms with Crippen LogP contribution >= 0.6 is 0 Å². The predicted molar refractivity (Wildman–Crippen MR) is 94.6 cm³/mol. The number of carbonyl (C=O) groups excluding carboxylic acids is 4. The van der Waals surface area contributed by atoms with Gasteiger partial charge in [-0.2, -0.15) is 0 Å². The Morgan fingerprint density at radius 1 is 0.750 bits per heavy atom. The fraction of sp³-hybridized carbons (Fsp3) is 0.778. The summed E-state index contributed by atoms with van der Waals surface area (Å²) in [6.07, 6.45) is -4.22. The number of hydrogen-bond donors (Lipinski definition) is 1. The van der Waals surface area contributed by atoms with Crippen LogP contribution in [0, 0.1) is 0 Å². The Bertz CT molecular complexity index is 547. The lowest BCUT2D eigenvalue weighted by Crippen LogP contribution is -2.65. The Morgan fingerprint density at radius 2 is 1.21 bits per heavy atom. The van der Waals surface area contributed by atoms with Crippen LogP contribution in [0.15, 0.2) is 0 Å². The van der Waals surface area contributed by atoms with Gasteiger partial charge in [-0.3, -0.25) is 19.2 Å². The highest BCUT2D eigenvalue weighted by molar-refractivity contribution is 5.71. The highest BCUT2D eigenvalue weighted by atomic mass is 16.7. The van der Waals surface area contributed by atoms with Crippen LogP contribution in [0.2, 0.25) is 0 Å². The summed E-state index contributed by atoms with van der Waals surface area (Å²) in [5.74, 6) is -2.23. The van der Waals surface area contributed by atoms with Crippen molar-refractivity contribution in [2.24, 2.45) is 5.73 Å². The van der Waals surface area contributed by atoms with Crippen LogP contribution in [0.5, 0.6) is 0 Å². The molecule has 1 heterocycles. The van der Waals surface area contributed by atoms with E-state index in [9.17, 15) is 19.2 Å². The predicted octanol–water partition coefficient (Wildman–Crippen LogP) is 0.589. The normalized spacial score (nSPS) is 26.8. The first-order chi connectivity index (χ1) is 13.3. The quantitative estimate of drug-likeness (QED) is 0.429. The van der Waals surface area contributed by atoms with Crippen LogP contribution in [-0.4, -0.2) is 61.1 Å². The molecule has 0 spiro atoms. The molecule has 1 rings (SSSR count). The Labute approximate surface area is 163 Å². The van der Waals surface area contributed by atoms with Crippen molar-refractivity contribution in [2.45, 2.75) is 84.0 Å². The standard InChI is InChI=1S/C18H29NO9/c1-5-11(20)24-9-10-16(26-12(21)6-2)17(27-13(22)7-3)15(19)18(25-10)28-14(23)8-4/h10,15-18H,5-9,19H2,1-4H3/t10-,15-,16-,17-,18+/m1/s1. The second-order valence-corrected chi connectivity index (χ2v) is 6.12. The minimum Gasteiger partial charge on any atom is -0.463 e. The second kappa shape index (κ2) is 11.6. The largest absolute Gasteiger partial charge is 0.463 e. The van der Waals surface area contributed by atoms with Crippen LogP contribution < -0.4 is 5.73 Å². The number of ether oxygens (including phenoxy) is 5. The van der Waals surface area contributed by atoms with Gasteiger partial charge in [0.25, 0.3) is 0 Å². The van der Waals surface area contributed by atoms with Crippen molar-refractivity contribution < 1.29 is 42.9 Å². The number of nitrogens with two attached hydrogens (primary N) is 1. The summed E-state index contributed by atoms with van der Waals surface area (Å²) in [5, 5.41) is 0. The first-order valence-corrected chi connectivity index (χ1v) is 9.42. The Balaban J connectivity index is 3.14. The first-order valence-electron chi connectivity index (χ1n) is 9.42. The molecule has 0 aromatic heterocycles. The van der Waals surface area contributed by atoms with E-state index in [1.165, 1.54) is 0 Å². The van der Waals surface area contributed by atoms with Crippen LogP contribution in [0.4, 0.5) is 0 Å². The van der Waals surface area contributed by atoms with E-state index in [0.717, 1.165) is 0 Å². The molecule has 160 valence electrons. The summed E-state index contributed by atoms with van der Waals surface area (Å²) in [4.78, 5) is 47.0. The Hall–Kier alpha value is -2.20. The van der Waals surface area contributed by atoms with Gasteiger partial charge < -0.3 is 29.4 Å². The molecular formula is C18H29NO9. The zero-order valence-corrected chi connectivity index (χ0v) is 16.7. The van der Waals surface area contributed by atoms with Crippen LogP contribution in [0.3, 0.4) is 0 Å². The van der Waals surface area contributed by atoms with Gasteiger partial charge in [0.1, 0.15) is 18.8 Å². The summed E-state index contributed by atoms with van der Waals surface area (Å²) in [6, 6.07) is -1.10. The maximum Gasteiger partial charge on any atom is 0.307 e. The lowest BCUT2D eigenvalue weighted by Gasteiger charge is -2.43. The van der Waals surface area contributed by atoms with Crippen molar-refractivity contribution in [1.29, 1.82) is 0 Å². The van der Waals surface area contributed by atoms with E-state index in [-0.39, 0.29) is 32.3 Å². The zero-order chi connectivity index (χ0) is 21.3. The van der Waals surface area contributed by atoms with Gasteiger partial charge in [0.15, 0.2) is 12.2 Å². The van der Waals surface area contributed by atoms with Gasteiger partial charge in [-0.15, -0.1) is 0 Å². The molecule has 0 amide bonds. The van der Waals surface area contributed by atoms with Gasteiger partial charge in [0, 0.05) is 25.7 Å². The third kappa shape index (κ3) is 6.75. The molecule has 1 aliphatic heterocycles. The molecule has 0 aromatic carbocycles. The molecule has 28 heavy (non-hydrogen) atoms. The average Bonchev–Trinajstić information content (AvgIpc) is 2.70. The number of carbonyl (C=O) groups is 4. The van der Waals surface area contributed by atoms with Crippen LogP contribution in [0.1, 0.15) is 53.4 Å². The van der Waals surface area contributed by atoms with Gasteiger partial charge in [0.2, 0.25) is 6.29 Å². The lowest BCUT2D eigenvalue weighted by atomic mass is 9.97. The Morgan fingerprint density at radius 3 is 1.71 bits per heavy atom. The second-order valence-electron chi connectivity index (χ2n) is 6.12. The van der Waals surface area contributed by atoms with Gasteiger partial charge >= 0.3 is 23.9 Å². The number of hydrogen-bond acceptors (Lipinski definition) is 10. The van der Waals surface area contributed by atoms with Crippen LogP contribution in [-0.2, 0) is 42.9 Å². The van der Waals surface area contributed by atoms with E-state index in [2.05, 4.69) is 0 Å². The minimum absolute atomic E-state index is 0.0629. The van der Waals surface area contributed by atoms with E-state index in [0.29, 0.717) is 0 Å². The summed E-state index contributed by atoms with van der Waals surface area (Å²) in [6.45, 7) is 6.11. The molecule has 0 saturated carbocycles. The molecule has 0 radical (unpaired) electrons. The van der Waals surface area contributed by atoms with Gasteiger partial charge in [-0.25, -0.2) is 0 Å². The van der Waals surface area contributed by atoms with Crippen LogP contribution in [0.25, 0.3) is 0 Å². The van der Waals surface area contributed by atoms with Crippen molar-refractivity contribution in [3.8, 4) is 0 Å². The molecule has 10 nitrogen and oxygen atoms in total. The van der Waals surface area contributed by atoms with Crippen molar-refractivity contribution in [3.63, 3.8) is 0 Å². The zero-order valence-electron chi connectivity index (χ0n) is 16.7. The molecule has 0 aromatic rings. The third-order valence-corrected chi connectivity index (χ3v) is 4.04. The lowest BCUT2D eigenvalue weighted by molar-refractivity contribution is -0.268. The fourth-order valence-corrected chi connectivity index (χ4v) is 2.42. The highest BCUT2D eigenvalue weighted by Crippen LogP contribution is 2.27. The van der Waals surface area contributed by atoms with Gasteiger partial charge in [-0.1, -0.05) is 27.7 Å². The maximum atomic E-state index is 11.9. The average molecular weight is 403 g/mol. The van der Waals surface area contributed by atoms with Crippen molar-refractivity contribution in [2.75, 3.05) is 6.61 Å². The van der Waals surface area contributed by atoms with Gasteiger partial charge in [0.05, 0.1) is 0 Å². The highest BCUT2D eigenvalue weighted by Gasteiger charge is 2.50. The number of esters is 4. The molecular weight excluding hydrogens is 374 g/mol. The summed E-state index contributed by atoms with van der Waals surface area (Å²) >= 11 is 0. The van der Waals surface area contributed by atoms with Crippen molar-refractivity contribution in [1.82, 2.24) is 0 Å². The van der Waals surface area contributed by atoms with Crippen molar-refractivity contribution in [3.05, 3.63) is 0 Å². The van der Waals surface area contributed by atoms with Crippen molar-refractivity contribution >= 4 is 23.9 Å². The van der Waals surface area contributed by atoms with E-state index >= 15 is 0 Å². The SMILES string of the molecule is CCC(=O)OC[C@H]1O[C@@H](OC(=O)CC)[C@H](N)[C@@H](OC(=O)CC)[C@@H]1OC(=O)CC. The summed E-state index contributed by atoms with van der Waals surface area (Å²) < 4.78 is 26.7. The van der Waals surface area contributed by atoms with E-state index in [1.807, 2.05) is 0 Å². The molecule has 2 N–H and O–H groups in total. The topological polar surface area (TPSA) is 140 Å². The molecule has 1 saturated heterocycles. The van der Waals surface area contributed by atoms with E-state index < -0.39 is 54.5 Å². The van der Waals surface area contributed by atoms with E-state index in [4.69, 9.17) is 29.4 Å². The molecule has 1 aliphatic rings. The smallest absolute Gasteiger partial charge is 0.307 e. The minimum atomic E-state index is -1.26. The van der Waals surface area contributed by atoms with E-state index in [1.54, 1.807) is 27.7 Å². The molecule has 0 bridgehead atoms. The molecule has 0 aliphatic carbocycles.